The Labute approximate surface area is 120 Å². The molecule has 2 unspecified atom stereocenters. The van der Waals surface area contributed by atoms with Crippen LogP contribution in [0.3, 0.4) is 0 Å². The van der Waals surface area contributed by atoms with Crippen LogP contribution in [0.2, 0.25) is 5.02 Å². The first-order chi connectivity index (χ1) is 9.52. The predicted octanol–water partition coefficient (Wildman–Crippen LogP) is 3.21. The largest absolute Gasteiger partial charge is 0.396 e. The van der Waals surface area contributed by atoms with Crippen LogP contribution in [0.1, 0.15) is 19.3 Å². The molecule has 1 saturated carbocycles. The molecule has 1 aliphatic carbocycles. The molecule has 2 rings (SSSR count). The van der Waals surface area contributed by atoms with Gasteiger partial charge in [-0.1, -0.05) is 18.0 Å². The van der Waals surface area contributed by atoms with Gasteiger partial charge in [0.25, 0.3) is 5.69 Å². The van der Waals surface area contributed by atoms with Gasteiger partial charge in [0.05, 0.1) is 9.95 Å². The van der Waals surface area contributed by atoms with Gasteiger partial charge in [-0.15, -0.1) is 0 Å². The van der Waals surface area contributed by atoms with Gasteiger partial charge in [0.2, 0.25) is 0 Å². The molecule has 0 saturated heterocycles. The van der Waals surface area contributed by atoms with Crippen LogP contribution in [-0.2, 0) is 0 Å². The molecule has 0 radical (unpaired) electrons. The van der Waals surface area contributed by atoms with Gasteiger partial charge in [-0.25, -0.2) is 4.39 Å². The number of aliphatic hydroxyl groups excluding tert-OH is 1. The van der Waals surface area contributed by atoms with Gasteiger partial charge in [-0.2, -0.15) is 0 Å². The summed E-state index contributed by atoms with van der Waals surface area (Å²) in [5.74, 6) is -0.234. The number of anilines is 1. The Balaban J connectivity index is 2.12. The lowest BCUT2D eigenvalue weighted by molar-refractivity contribution is -0.384. The van der Waals surface area contributed by atoms with E-state index < -0.39 is 10.7 Å². The van der Waals surface area contributed by atoms with E-state index in [1.165, 1.54) is 0 Å². The second-order valence-corrected chi connectivity index (χ2v) is 5.46. The summed E-state index contributed by atoms with van der Waals surface area (Å²) in [6.07, 6.45) is 2.96. The number of nitrogens with zero attached hydrogens (tertiary/aromatic N) is 1. The van der Waals surface area contributed by atoms with E-state index in [4.69, 9.17) is 11.6 Å². The van der Waals surface area contributed by atoms with E-state index in [1.807, 2.05) is 0 Å². The van der Waals surface area contributed by atoms with E-state index in [0.29, 0.717) is 6.54 Å². The van der Waals surface area contributed by atoms with Crippen molar-refractivity contribution in [3.63, 3.8) is 0 Å². The van der Waals surface area contributed by atoms with Gasteiger partial charge in [0, 0.05) is 25.3 Å². The quantitative estimate of drug-likeness (QED) is 0.647. The van der Waals surface area contributed by atoms with E-state index in [-0.39, 0.29) is 34.8 Å². The third kappa shape index (κ3) is 3.19. The third-order valence-corrected chi connectivity index (χ3v) is 4.13. The molecule has 0 heterocycles. The monoisotopic (exact) mass is 302 g/mol. The maximum atomic E-state index is 13.4. The molecule has 1 aliphatic rings. The highest BCUT2D eigenvalue weighted by atomic mass is 35.5. The average Bonchev–Trinajstić information content (AvgIpc) is 2.86. The Hall–Kier alpha value is -1.40. The second-order valence-electron chi connectivity index (χ2n) is 5.06. The number of halogens is 2. The zero-order valence-corrected chi connectivity index (χ0v) is 11.6. The third-order valence-electron chi connectivity index (χ3n) is 3.84. The van der Waals surface area contributed by atoms with E-state index >= 15 is 0 Å². The molecular weight excluding hydrogens is 287 g/mol. The highest BCUT2D eigenvalue weighted by Gasteiger charge is 2.27. The Bertz CT molecular complexity index is 513. The van der Waals surface area contributed by atoms with Gasteiger partial charge in [-0.05, 0) is 24.7 Å². The second kappa shape index (κ2) is 6.37. The zero-order valence-electron chi connectivity index (χ0n) is 10.8. The Morgan fingerprint density at radius 1 is 1.45 bits per heavy atom. The fourth-order valence-corrected chi connectivity index (χ4v) is 2.85. The molecule has 0 aromatic heterocycles. The molecule has 110 valence electrons. The molecule has 2 atom stereocenters. The predicted molar refractivity (Wildman–Crippen MR) is 74.5 cm³/mol. The van der Waals surface area contributed by atoms with Crippen molar-refractivity contribution < 1.29 is 14.4 Å². The van der Waals surface area contributed by atoms with Crippen LogP contribution in [0.4, 0.5) is 15.8 Å². The minimum Gasteiger partial charge on any atom is -0.396 e. The summed E-state index contributed by atoms with van der Waals surface area (Å²) in [5, 5.41) is 22.8. The number of nitrogens with one attached hydrogen (secondary N) is 1. The number of hydrogen-bond acceptors (Lipinski definition) is 4. The lowest BCUT2D eigenvalue weighted by Gasteiger charge is -2.18. The molecule has 0 bridgehead atoms. The smallest absolute Gasteiger partial charge is 0.294 e. The van der Waals surface area contributed by atoms with Crippen molar-refractivity contribution >= 4 is 23.0 Å². The van der Waals surface area contributed by atoms with Gasteiger partial charge in [-0.3, -0.25) is 10.1 Å². The molecule has 0 amide bonds. The number of rotatable bonds is 5. The molecule has 1 aromatic rings. The highest BCUT2D eigenvalue weighted by Crippen LogP contribution is 2.34. The first-order valence-electron chi connectivity index (χ1n) is 6.51. The van der Waals surface area contributed by atoms with Crippen LogP contribution >= 0.6 is 11.6 Å². The Morgan fingerprint density at radius 2 is 2.15 bits per heavy atom. The number of aliphatic hydroxyl groups is 1. The summed E-state index contributed by atoms with van der Waals surface area (Å²) in [6, 6.07) is 2.06. The maximum Gasteiger partial charge on any atom is 0.294 e. The van der Waals surface area contributed by atoms with Crippen molar-refractivity contribution in [1.29, 1.82) is 0 Å². The van der Waals surface area contributed by atoms with E-state index in [9.17, 15) is 19.6 Å². The fraction of sp³-hybridized carbons (Fsp3) is 0.538. The normalized spacial score (nSPS) is 21.9. The van der Waals surface area contributed by atoms with Crippen molar-refractivity contribution in [2.24, 2.45) is 11.8 Å². The van der Waals surface area contributed by atoms with Crippen LogP contribution < -0.4 is 5.32 Å². The summed E-state index contributed by atoms with van der Waals surface area (Å²) >= 11 is 5.56. The Kier molecular flexibility index (Phi) is 4.77. The molecule has 2 N–H and O–H groups in total. The summed E-state index contributed by atoms with van der Waals surface area (Å²) < 4.78 is 13.4. The van der Waals surface area contributed by atoms with Crippen LogP contribution in [-0.4, -0.2) is 23.2 Å². The van der Waals surface area contributed by atoms with Crippen molar-refractivity contribution in [1.82, 2.24) is 0 Å². The maximum absolute atomic E-state index is 13.4. The highest BCUT2D eigenvalue weighted by molar-refractivity contribution is 6.31. The first-order valence-corrected chi connectivity index (χ1v) is 6.89. The number of benzene rings is 1. The summed E-state index contributed by atoms with van der Waals surface area (Å²) in [5.41, 5.74) is -0.115. The van der Waals surface area contributed by atoms with Crippen molar-refractivity contribution in [3.8, 4) is 0 Å². The van der Waals surface area contributed by atoms with Crippen molar-refractivity contribution in [2.75, 3.05) is 18.5 Å². The van der Waals surface area contributed by atoms with E-state index in [2.05, 4.69) is 5.32 Å². The number of hydrogen-bond donors (Lipinski definition) is 2. The molecule has 5 nitrogen and oxygen atoms in total. The Morgan fingerprint density at radius 3 is 2.80 bits per heavy atom. The number of nitro benzene ring substituents is 1. The zero-order chi connectivity index (χ0) is 14.7. The minimum atomic E-state index is -0.690. The fourth-order valence-electron chi connectivity index (χ4n) is 2.69. The van der Waals surface area contributed by atoms with Crippen molar-refractivity contribution in [3.05, 3.63) is 33.1 Å². The summed E-state index contributed by atoms with van der Waals surface area (Å²) in [7, 11) is 0. The van der Waals surface area contributed by atoms with Gasteiger partial charge in [0.1, 0.15) is 11.5 Å². The average molecular weight is 303 g/mol. The minimum absolute atomic E-state index is 0.115. The van der Waals surface area contributed by atoms with Crippen LogP contribution in [0.25, 0.3) is 0 Å². The van der Waals surface area contributed by atoms with E-state index in [1.54, 1.807) is 0 Å². The lowest BCUT2D eigenvalue weighted by atomic mass is 9.97. The molecule has 0 aliphatic heterocycles. The SMILES string of the molecule is O=[N+]([O-])c1cc(Cl)c(F)cc1NCC1CCCC1CO. The standard InChI is InChI=1S/C13H16ClFN2O3/c14-10-4-13(17(19)20)12(5-11(10)15)16-6-8-2-1-3-9(8)7-18/h4-5,8-9,16,18H,1-3,6-7H2. The van der Waals surface area contributed by atoms with E-state index in [0.717, 1.165) is 31.4 Å². The van der Waals surface area contributed by atoms with Gasteiger partial charge >= 0.3 is 0 Å². The lowest BCUT2D eigenvalue weighted by Crippen LogP contribution is -2.21. The molecular formula is C13H16ClFN2O3. The van der Waals surface area contributed by atoms with Crippen molar-refractivity contribution in [2.45, 2.75) is 19.3 Å². The van der Waals surface area contributed by atoms with Gasteiger partial charge in [0.15, 0.2) is 0 Å². The van der Waals surface area contributed by atoms with Gasteiger partial charge < -0.3 is 10.4 Å². The summed E-state index contributed by atoms with van der Waals surface area (Å²) in [6.45, 7) is 0.594. The molecule has 20 heavy (non-hydrogen) atoms. The van der Waals surface area contributed by atoms with Crippen LogP contribution in [0, 0.1) is 27.8 Å². The molecule has 0 spiro atoms. The number of nitro groups is 1. The first kappa shape index (κ1) is 15.0. The molecule has 1 fully saturated rings. The van der Waals surface area contributed by atoms with Crippen LogP contribution in [0.15, 0.2) is 12.1 Å². The topological polar surface area (TPSA) is 75.4 Å². The molecule has 1 aromatic carbocycles. The van der Waals surface area contributed by atoms with Crippen LogP contribution in [0.5, 0.6) is 0 Å². The summed E-state index contributed by atoms with van der Waals surface area (Å²) in [4.78, 5) is 10.4. The molecule has 7 heteroatoms.